The van der Waals surface area contributed by atoms with E-state index in [4.69, 9.17) is 13.7 Å². The molecule has 1 amide bonds. The first-order valence-corrected chi connectivity index (χ1v) is 13.3. The molecule has 0 bridgehead atoms. The Kier molecular flexibility index (Phi) is 7.17. The van der Waals surface area contributed by atoms with Gasteiger partial charge in [0.2, 0.25) is 0 Å². The number of rotatable bonds is 8. The molecule has 196 valence electrons. The third-order valence-electron chi connectivity index (χ3n) is 4.64. The Balaban J connectivity index is 1.99. The van der Waals surface area contributed by atoms with Crippen molar-refractivity contribution >= 4 is 43.1 Å². The lowest BCUT2D eigenvalue weighted by atomic mass is 9.93. The predicted molar refractivity (Wildman–Crippen MR) is 114 cm³/mol. The first-order valence-electron chi connectivity index (χ1n) is 9.22. The number of amides is 1. The molecule has 0 fully saturated rings. The summed E-state index contributed by atoms with van der Waals surface area (Å²) in [6.07, 6.45) is -0.322. The van der Waals surface area contributed by atoms with Gasteiger partial charge in [0.15, 0.2) is 11.5 Å². The highest BCUT2D eigenvalue weighted by Gasteiger charge is 2.36. The summed E-state index contributed by atoms with van der Waals surface area (Å²) < 4.78 is 105. The molecule has 2 aromatic carbocycles. The van der Waals surface area contributed by atoms with E-state index in [9.17, 15) is 39.9 Å². The number of fused-ring (bicyclic) bond motifs is 1. The van der Waals surface area contributed by atoms with Crippen LogP contribution in [0.15, 0.2) is 36.4 Å². The van der Waals surface area contributed by atoms with Crippen LogP contribution in [0.4, 0.5) is 0 Å². The molecule has 1 unspecified atom stereocenters. The van der Waals surface area contributed by atoms with E-state index in [1.165, 1.54) is 12.1 Å². The molecule has 4 N–H and O–H groups in total. The number of aliphatic carboxylic acids is 1. The number of hydrogen-bond donors (Lipinski definition) is 4. The van der Waals surface area contributed by atoms with Gasteiger partial charge in [-0.05, 0) is 41.5 Å². The van der Waals surface area contributed by atoms with Crippen molar-refractivity contribution in [3.8, 4) is 17.2 Å². The highest BCUT2D eigenvalue weighted by atomic mass is 32.3. The molecule has 2 aromatic rings. The van der Waals surface area contributed by atoms with Crippen LogP contribution in [0, 0.1) is 0 Å². The molecule has 36 heavy (non-hydrogen) atoms. The molecule has 19 heteroatoms. The van der Waals surface area contributed by atoms with E-state index in [0.29, 0.717) is 23.3 Å². The van der Waals surface area contributed by atoms with Crippen molar-refractivity contribution in [2.24, 2.45) is 0 Å². The lowest BCUT2D eigenvalue weighted by molar-refractivity contribution is -0.142. The van der Waals surface area contributed by atoms with Crippen molar-refractivity contribution in [1.29, 1.82) is 0 Å². The van der Waals surface area contributed by atoms with E-state index < -0.39 is 66.2 Å². The summed E-state index contributed by atoms with van der Waals surface area (Å²) in [5.74, 6) is -4.70. The molecule has 0 aromatic heterocycles. The summed E-state index contributed by atoms with van der Waals surface area (Å²) in [5, 5.41) is 9.65. The van der Waals surface area contributed by atoms with Crippen LogP contribution in [0.2, 0.25) is 0 Å². The second kappa shape index (κ2) is 9.52. The number of hydrogen-bond acceptors (Lipinski definition) is 11. The van der Waals surface area contributed by atoms with Crippen LogP contribution in [-0.2, 0) is 49.0 Å². The van der Waals surface area contributed by atoms with E-state index in [1.54, 1.807) is 0 Å². The molecule has 0 spiro atoms. The van der Waals surface area contributed by atoms with Gasteiger partial charge in [-0.25, -0.2) is 4.79 Å². The molecular formula is C17H15NO15S3. The minimum atomic E-state index is -5.25. The molecule has 0 saturated heterocycles. The Morgan fingerprint density at radius 2 is 1.36 bits per heavy atom. The Morgan fingerprint density at radius 1 is 0.778 bits per heavy atom. The molecule has 0 radical (unpaired) electrons. The maximum absolute atomic E-state index is 13.1. The number of nitrogens with zero attached hydrogens (tertiary/aromatic N) is 1. The zero-order chi connectivity index (χ0) is 27.1. The first-order chi connectivity index (χ1) is 16.4. The summed E-state index contributed by atoms with van der Waals surface area (Å²) in [4.78, 5) is 25.9. The highest BCUT2D eigenvalue weighted by Crippen LogP contribution is 2.33. The monoisotopic (exact) mass is 569 g/mol. The lowest BCUT2D eigenvalue weighted by Crippen LogP contribution is -2.48. The fraction of sp³-hybridized carbons (Fsp3) is 0.176. The number of carbonyl (C=O) groups is 2. The van der Waals surface area contributed by atoms with Crippen molar-refractivity contribution < 1.29 is 66.2 Å². The molecule has 3 rings (SSSR count). The number of carboxylic acids is 1. The lowest BCUT2D eigenvalue weighted by Gasteiger charge is -2.34. The van der Waals surface area contributed by atoms with Gasteiger partial charge in [0, 0.05) is 18.5 Å². The fourth-order valence-corrected chi connectivity index (χ4v) is 4.40. The average Bonchev–Trinajstić information content (AvgIpc) is 2.70. The van der Waals surface area contributed by atoms with Gasteiger partial charge in [-0.15, -0.1) is 0 Å². The summed E-state index contributed by atoms with van der Waals surface area (Å²) in [6.45, 7) is -0.324. The molecule has 0 saturated carbocycles. The van der Waals surface area contributed by atoms with Crippen LogP contribution in [0.25, 0.3) is 0 Å². The zero-order valence-corrected chi connectivity index (χ0v) is 19.9. The second-order valence-electron chi connectivity index (χ2n) is 7.12. The van der Waals surface area contributed by atoms with Crippen LogP contribution < -0.4 is 12.5 Å². The highest BCUT2D eigenvalue weighted by molar-refractivity contribution is 7.81. The first kappa shape index (κ1) is 27.1. The molecule has 1 aliphatic heterocycles. The molecule has 1 atom stereocenters. The summed E-state index contributed by atoms with van der Waals surface area (Å²) in [5.41, 5.74) is 0.251. The Hall–Kier alpha value is -3.49. The minimum Gasteiger partial charge on any atom is -0.480 e. The van der Waals surface area contributed by atoms with Crippen molar-refractivity contribution in [3.63, 3.8) is 0 Å². The van der Waals surface area contributed by atoms with Crippen molar-refractivity contribution in [1.82, 2.24) is 4.90 Å². The van der Waals surface area contributed by atoms with Crippen molar-refractivity contribution in [3.05, 3.63) is 53.1 Å². The molecule has 16 nitrogen and oxygen atoms in total. The third kappa shape index (κ3) is 7.02. The van der Waals surface area contributed by atoms with Gasteiger partial charge in [-0.1, -0.05) is 6.07 Å². The van der Waals surface area contributed by atoms with Crippen LogP contribution in [-0.4, -0.2) is 66.8 Å². The minimum absolute atomic E-state index is 0.292. The van der Waals surface area contributed by atoms with E-state index in [2.05, 4.69) is 12.5 Å². The Labute approximate surface area is 203 Å². The van der Waals surface area contributed by atoms with Crippen molar-refractivity contribution in [2.75, 3.05) is 0 Å². The number of benzene rings is 2. The average molecular weight is 570 g/mol. The SMILES string of the molecule is O=C(O)C1Cc2cc(OS(=O)(=O)O)ccc2CN1C(=O)c1ccc(OS(=O)(=O)O)c(OS(=O)(=O)O)c1. The van der Waals surface area contributed by atoms with E-state index in [-0.39, 0.29) is 18.7 Å². The third-order valence-corrected chi connectivity index (χ3v) is 5.82. The summed E-state index contributed by atoms with van der Waals surface area (Å²) in [6, 6.07) is 4.39. The van der Waals surface area contributed by atoms with Crippen LogP contribution in [0.3, 0.4) is 0 Å². The van der Waals surface area contributed by atoms with Gasteiger partial charge in [-0.3, -0.25) is 18.5 Å². The standard InChI is InChI=1S/C17H15NO15S3/c19-16(9-2-4-14(32-35(25,26)27)15(7-9)33-36(28,29)30)18-8-10-1-3-12(31-34(22,23)24)5-11(10)6-13(18)17(20)21/h1-5,7,13H,6,8H2,(H,20,21)(H,22,23,24)(H,25,26,27)(H,28,29,30). The maximum atomic E-state index is 13.1. The normalized spacial score (nSPS) is 16.1. The molecule has 1 aliphatic rings. The Bertz CT molecular complexity index is 1550. The van der Waals surface area contributed by atoms with Gasteiger partial charge in [-0.2, -0.15) is 25.3 Å². The largest absolute Gasteiger partial charge is 0.480 e. The quantitative estimate of drug-likeness (QED) is 0.303. The van der Waals surface area contributed by atoms with Gasteiger partial charge >= 0.3 is 37.2 Å². The van der Waals surface area contributed by atoms with E-state index in [1.807, 2.05) is 0 Å². The molecule has 0 aliphatic carbocycles. The van der Waals surface area contributed by atoms with Crippen LogP contribution >= 0.6 is 0 Å². The van der Waals surface area contributed by atoms with Crippen LogP contribution in [0.5, 0.6) is 17.2 Å². The van der Waals surface area contributed by atoms with Crippen molar-refractivity contribution in [2.45, 2.75) is 19.0 Å². The van der Waals surface area contributed by atoms with Gasteiger partial charge in [0.25, 0.3) is 5.91 Å². The predicted octanol–water partition coefficient (Wildman–Crippen LogP) is -0.117. The zero-order valence-electron chi connectivity index (χ0n) is 17.4. The number of carboxylic acid groups (broad SMARTS) is 1. The fourth-order valence-electron chi connectivity index (χ4n) is 3.33. The molecular weight excluding hydrogens is 554 g/mol. The van der Waals surface area contributed by atoms with Gasteiger partial charge < -0.3 is 22.6 Å². The van der Waals surface area contributed by atoms with E-state index >= 15 is 0 Å². The second-order valence-corrected chi connectivity index (χ2v) is 10.2. The maximum Gasteiger partial charge on any atom is 0.446 e. The summed E-state index contributed by atoms with van der Waals surface area (Å²) in [7, 11) is -15.3. The number of carbonyl (C=O) groups excluding carboxylic acids is 1. The Morgan fingerprint density at radius 3 is 1.92 bits per heavy atom. The summed E-state index contributed by atoms with van der Waals surface area (Å²) >= 11 is 0. The molecule has 1 heterocycles. The van der Waals surface area contributed by atoms with E-state index in [0.717, 1.165) is 17.0 Å². The van der Waals surface area contributed by atoms with Gasteiger partial charge in [0.05, 0.1) is 0 Å². The van der Waals surface area contributed by atoms with Crippen LogP contribution in [0.1, 0.15) is 21.5 Å². The van der Waals surface area contributed by atoms with Gasteiger partial charge in [0.1, 0.15) is 11.8 Å². The topological polar surface area (TPSA) is 248 Å². The smallest absolute Gasteiger partial charge is 0.446 e.